The first-order chi connectivity index (χ1) is 9.52. The van der Waals surface area contributed by atoms with Crippen LogP contribution in [0, 0.1) is 0 Å². The van der Waals surface area contributed by atoms with Gasteiger partial charge in [-0.3, -0.25) is 0 Å². The van der Waals surface area contributed by atoms with Crippen LogP contribution in [0.15, 0.2) is 12.1 Å². The second kappa shape index (κ2) is 6.25. The normalized spacial score (nSPS) is 22.9. The van der Waals surface area contributed by atoms with Crippen LogP contribution in [0.25, 0.3) is 0 Å². The van der Waals surface area contributed by atoms with E-state index in [-0.39, 0.29) is 0 Å². The van der Waals surface area contributed by atoms with Crippen molar-refractivity contribution in [3.8, 4) is 0 Å². The number of carboxylic acids is 1. The lowest BCUT2D eigenvalue weighted by atomic mass is 9.97. The van der Waals surface area contributed by atoms with Crippen LogP contribution in [0.4, 0.5) is 5.82 Å². The van der Waals surface area contributed by atoms with Gasteiger partial charge < -0.3 is 10.0 Å². The fourth-order valence-electron chi connectivity index (χ4n) is 3.08. The molecule has 0 saturated carbocycles. The van der Waals surface area contributed by atoms with E-state index in [1.807, 2.05) is 0 Å². The summed E-state index contributed by atoms with van der Waals surface area (Å²) in [6.07, 6.45) is 5.32. The van der Waals surface area contributed by atoms with Crippen molar-refractivity contribution in [3.05, 3.63) is 23.4 Å². The molecule has 2 unspecified atom stereocenters. The molecule has 0 aromatic carbocycles. The summed E-state index contributed by atoms with van der Waals surface area (Å²) >= 11 is 0. The van der Waals surface area contributed by atoms with Crippen molar-refractivity contribution in [3.63, 3.8) is 0 Å². The SMILES string of the molecule is CCCc1cc(C(=O)O)cc(N2C(C)CCCC2C)n1. The third-order valence-electron chi connectivity index (χ3n) is 4.08. The van der Waals surface area contributed by atoms with Gasteiger partial charge in [0, 0.05) is 17.8 Å². The van der Waals surface area contributed by atoms with Gasteiger partial charge in [0.25, 0.3) is 0 Å². The summed E-state index contributed by atoms with van der Waals surface area (Å²) in [6.45, 7) is 6.48. The van der Waals surface area contributed by atoms with E-state index in [1.165, 1.54) is 6.42 Å². The maximum absolute atomic E-state index is 11.3. The smallest absolute Gasteiger partial charge is 0.335 e. The molecule has 1 aromatic heterocycles. The third-order valence-corrected chi connectivity index (χ3v) is 4.08. The van der Waals surface area contributed by atoms with Crippen molar-refractivity contribution in [1.29, 1.82) is 0 Å². The van der Waals surface area contributed by atoms with Gasteiger partial charge in [0.05, 0.1) is 5.56 Å². The lowest BCUT2D eigenvalue weighted by Gasteiger charge is -2.40. The highest BCUT2D eigenvalue weighted by Crippen LogP contribution is 2.28. The quantitative estimate of drug-likeness (QED) is 0.914. The highest BCUT2D eigenvalue weighted by atomic mass is 16.4. The van der Waals surface area contributed by atoms with E-state index in [0.29, 0.717) is 17.6 Å². The minimum absolute atomic E-state index is 0.350. The molecule has 0 spiro atoms. The number of pyridine rings is 1. The number of hydrogen-bond donors (Lipinski definition) is 1. The Kier molecular flexibility index (Phi) is 4.63. The molecular weight excluding hydrogens is 252 g/mol. The van der Waals surface area contributed by atoms with E-state index < -0.39 is 5.97 Å². The number of carboxylic acid groups (broad SMARTS) is 1. The first-order valence-electron chi connectivity index (χ1n) is 7.55. The maximum atomic E-state index is 11.3. The molecule has 4 nitrogen and oxygen atoms in total. The summed E-state index contributed by atoms with van der Waals surface area (Å²) < 4.78 is 0. The molecule has 1 aromatic rings. The van der Waals surface area contributed by atoms with E-state index in [2.05, 4.69) is 25.7 Å². The zero-order valence-corrected chi connectivity index (χ0v) is 12.6. The highest BCUT2D eigenvalue weighted by Gasteiger charge is 2.26. The Morgan fingerprint density at radius 3 is 2.55 bits per heavy atom. The van der Waals surface area contributed by atoms with Gasteiger partial charge in [-0.1, -0.05) is 13.3 Å². The predicted octanol–water partition coefficient (Wildman–Crippen LogP) is 3.50. The van der Waals surface area contributed by atoms with E-state index in [1.54, 1.807) is 12.1 Å². The first kappa shape index (κ1) is 14.8. The highest BCUT2D eigenvalue weighted by molar-refractivity contribution is 5.88. The number of carbonyl (C=O) groups is 1. The number of aromatic carboxylic acids is 1. The summed E-state index contributed by atoms with van der Waals surface area (Å²) in [4.78, 5) is 18.3. The predicted molar refractivity (Wildman–Crippen MR) is 80.4 cm³/mol. The first-order valence-corrected chi connectivity index (χ1v) is 7.55. The number of rotatable bonds is 4. The van der Waals surface area contributed by atoms with Gasteiger partial charge in [0.2, 0.25) is 0 Å². The number of anilines is 1. The molecular formula is C16H24N2O2. The van der Waals surface area contributed by atoms with Crippen LogP contribution < -0.4 is 4.90 Å². The average Bonchev–Trinajstić information content (AvgIpc) is 2.38. The van der Waals surface area contributed by atoms with Crippen LogP contribution in [0.1, 0.15) is 62.5 Å². The number of aromatic nitrogens is 1. The summed E-state index contributed by atoms with van der Waals surface area (Å²) in [5.41, 5.74) is 1.23. The molecule has 4 heteroatoms. The molecule has 20 heavy (non-hydrogen) atoms. The number of hydrogen-bond acceptors (Lipinski definition) is 3. The summed E-state index contributed by atoms with van der Waals surface area (Å²) in [7, 11) is 0. The summed E-state index contributed by atoms with van der Waals surface area (Å²) in [6, 6.07) is 4.27. The molecule has 0 amide bonds. The zero-order valence-electron chi connectivity index (χ0n) is 12.6. The van der Waals surface area contributed by atoms with Crippen LogP contribution >= 0.6 is 0 Å². The van der Waals surface area contributed by atoms with Crippen LogP contribution in [0.3, 0.4) is 0 Å². The Morgan fingerprint density at radius 2 is 2.00 bits per heavy atom. The number of aryl methyl sites for hydroxylation is 1. The van der Waals surface area contributed by atoms with Crippen molar-refractivity contribution in [2.75, 3.05) is 4.90 Å². The summed E-state index contributed by atoms with van der Waals surface area (Å²) in [5.74, 6) is -0.0450. The topological polar surface area (TPSA) is 53.4 Å². The Morgan fingerprint density at radius 1 is 1.35 bits per heavy atom. The fraction of sp³-hybridized carbons (Fsp3) is 0.625. The van der Waals surface area contributed by atoms with Crippen molar-refractivity contribution < 1.29 is 9.90 Å². The molecule has 1 aliphatic rings. The van der Waals surface area contributed by atoms with Gasteiger partial charge in [-0.25, -0.2) is 9.78 Å². The standard InChI is InChI=1S/C16H24N2O2/c1-4-6-14-9-13(16(19)20)10-15(17-14)18-11(2)7-5-8-12(18)3/h9-12H,4-8H2,1-3H3,(H,19,20). The molecule has 1 N–H and O–H groups in total. The molecule has 0 bridgehead atoms. The Balaban J connectivity index is 2.40. The van der Waals surface area contributed by atoms with Crippen LogP contribution in [-0.4, -0.2) is 28.1 Å². The second-order valence-electron chi connectivity index (χ2n) is 5.80. The molecule has 2 rings (SSSR count). The van der Waals surface area contributed by atoms with E-state index in [0.717, 1.165) is 37.2 Å². The zero-order chi connectivity index (χ0) is 14.7. The van der Waals surface area contributed by atoms with Crippen molar-refractivity contribution >= 4 is 11.8 Å². The molecule has 1 aliphatic heterocycles. The largest absolute Gasteiger partial charge is 0.478 e. The molecule has 1 fully saturated rings. The van der Waals surface area contributed by atoms with Gasteiger partial charge in [-0.05, 0) is 51.7 Å². The van der Waals surface area contributed by atoms with Crippen molar-refractivity contribution in [2.45, 2.75) is 65.0 Å². The van der Waals surface area contributed by atoms with Crippen LogP contribution in [-0.2, 0) is 6.42 Å². The lowest BCUT2D eigenvalue weighted by Crippen LogP contribution is -2.44. The Labute approximate surface area is 120 Å². The van der Waals surface area contributed by atoms with Crippen molar-refractivity contribution in [1.82, 2.24) is 4.98 Å². The molecule has 1 saturated heterocycles. The minimum Gasteiger partial charge on any atom is -0.478 e. The Hall–Kier alpha value is -1.58. The minimum atomic E-state index is -0.872. The van der Waals surface area contributed by atoms with Gasteiger partial charge in [-0.15, -0.1) is 0 Å². The number of nitrogens with zero attached hydrogens (tertiary/aromatic N) is 2. The monoisotopic (exact) mass is 276 g/mol. The van der Waals surface area contributed by atoms with Gasteiger partial charge in [0.1, 0.15) is 5.82 Å². The lowest BCUT2D eigenvalue weighted by molar-refractivity contribution is 0.0696. The van der Waals surface area contributed by atoms with Gasteiger partial charge in [0.15, 0.2) is 0 Å². The molecule has 2 atom stereocenters. The van der Waals surface area contributed by atoms with Gasteiger partial charge in [-0.2, -0.15) is 0 Å². The van der Waals surface area contributed by atoms with E-state index in [9.17, 15) is 9.90 Å². The van der Waals surface area contributed by atoms with E-state index in [4.69, 9.17) is 4.98 Å². The fourth-order valence-corrected chi connectivity index (χ4v) is 3.08. The van der Waals surface area contributed by atoms with Crippen LogP contribution in [0.5, 0.6) is 0 Å². The maximum Gasteiger partial charge on any atom is 0.335 e. The van der Waals surface area contributed by atoms with E-state index >= 15 is 0 Å². The Bertz CT molecular complexity index is 477. The van der Waals surface area contributed by atoms with Gasteiger partial charge >= 0.3 is 5.97 Å². The molecule has 0 radical (unpaired) electrons. The van der Waals surface area contributed by atoms with Crippen molar-refractivity contribution in [2.24, 2.45) is 0 Å². The third kappa shape index (κ3) is 3.11. The number of piperidine rings is 1. The second-order valence-corrected chi connectivity index (χ2v) is 5.80. The molecule has 2 heterocycles. The molecule has 0 aliphatic carbocycles. The average molecular weight is 276 g/mol. The molecule has 110 valence electrons. The summed E-state index contributed by atoms with van der Waals surface area (Å²) in [5, 5.41) is 9.29. The van der Waals surface area contributed by atoms with Crippen LogP contribution in [0.2, 0.25) is 0 Å².